The highest BCUT2D eigenvalue weighted by Gasteiger charge is 2.36. The van der Waals surface area contributed by atoms with Gasteiger partial charge in [0.2, 0.25) is 11.2 Å². The van der Waals surface area contributed by atoms with Gasteiger partial charge in [-0.2, -0.15) is 4.39 Å². The van der Waals surface area contributed by atoms with Gasteiger partial charge in [-0.3, -0.25) is 9.69 Å². The zero-order valence-electron chi connectivity index (χ0n) is 18.6. The van der Waals surface area contributed by atoms with Crippen LogP contribution in [0, 0.1) is 11.6 Å². The third kappa shape index (κ3) is 5.14. The number of ether oxygens (including phenoxy) is 2. The molecule has 0 bridgehead atoms. The first-order valence-electron chi connectivity index (χ1n) is 10.9. The van der Waals surface area contributed by atoms with Gasteiger partial charge in [-0.1, -0.05) is 12.1 Å². The van der Waals surface area contributed by atoms with Crippen LogP contribution in [0.25, 0.3) is 16.6 Å². The molecular formula is C24H21F5N2O4. The SMILES string of the molecule is CCOC(=O)c1cn(-c2ccc(CN3CCCC3)cc2)c2c(OC(F)(F)F)c(F)c(F)cc2c1=O. The first kappa shape index (κ1) is 24.6. The Morgan fingerprint density at radius 1 is 1.09 bits per heavy atom. The maximum atomic E-state index is 14.5. The van der Waals surface area contributed by atoms with Gasteiger partial charge in [0.1, 0.15) is 11.1 Å². The van der Waals surface area contributed by atoms with Crippen LogP contribution in [0.3, 0.4) is 0 Å². The quantitative estimate of drug-likeness (QED) is 0.358. The number of rotatable bonds is 6. The highest BCUT2D eigenvalue weighted by molar-refractivity contribution is 5.96. The fraction of sp³-hybridized carbons (Fsp3) is 0.333. The molecule has 0 atom stereocenters. The van der Waals surface area contributed by atoms with Crippen LogP contribution in [0.1, 0.15) is 35.7 Å². The lowest BCUT2D eigenvalue weighted by molar-refractivity contribution is -0.275. The van der Waals surface area contributed by atoms with Crippen LogP contribution in [-0.2, 0) is 11.3 Å². The van der Waals surface area contributed by atoms with Crippen molar-refractivity contribution in [2.45, 2.75) is 32.7 Å². The molecular weight excluding hydrogens is 475 g/mol. The summed E-state index contributed by atoms with van der Waals surface area (Å²) < 4.78 is 77.7. The van der Waals surface area contributed by atoms with E-state index in [1.54, 1.807) is 24.3 Å². The van der Waals surface area contributed by atoms with E-state index < -0.39 is 51.6 Å². The summed E-state index contributed by atoms with van der Waals surface area (Å²) in [5, 5.41) is -0.671. The van der Waals surface area contributed by atoms with Gasteiger partial charge >= 0.3 is 12.3 Å². The molecule has 6 nitrogen and oxygen atoms in total. The summed E-state index contributed by atoms with van der Waals surface area (Å²) in [4.78, 5) is 27.5. The predicted molar refractivity (Wildman–Crippen MR) is 117 cm³/mol. The van der Waals surface area contributed by atoms with E-state index in [4.69, 9.17) is 4.74 Å². The number of likely N-dealkylation sites (tertiary alicyclic amines) is 1. The van der Waals surface area contributed by atoms with Crippen LogP contribution < -0.4 is 10.2 Å². The number of pyridine rings is 1. The van der Waals surface area contributed by atoms with E-state index in [2.05, 4.69) is 9.64 Å². The first-order valence-corrected chi connectivity index (χ1v) is 10.9. The molecule has 186 valence electrons. The lowest BCUT2D eigenvalue weighted by Crippen LogP contribution is -2.24. The molecule has 0 spiro atoms. The Kier molecular flexibility index (Phi) is 6.79. The molecule has 0 amide bonds. The number of carbonyl (C=O) groups excluding carboxylic acids is 1. The zero-order valence-corrected chi connectivity index (χ0v) is 18.6. The molecule has 1 saturated heterocycles. The minimum absolute atomic E-state index is 0.0816. The van der Waals surface area contributed by atoms with Crippen molar-refractivity contribution in [2.75, 3.05) is 19.7 Å². The van der Waals surface area contributed by atoms with Crippen LogP contribution in [-0.4, -0.2) is 41.5 Å². The van der Waals surface area contributed by atoms with Crippen molar-refractivity contribution in [3.05, 3.63) is 69.5 Å². The molecule has 2 aromatic carbocycles. The minimum Gasteiger partial charge on any atom is -0.462 e. The summed E-state index contributed by atoms with van der Waals surface area (Å²) in [7, 11) is 0. The Hall–Kier alpha value is -3.47. The highest BCUT2D eigenvalue weighted by Crippen LogP contribution is 2.35. The number of aromatic nitrogens is 1. The predicted octanol–water partition coefficient (Wildman–Crippen LogP) is 4.94. The topological polar surface area (TPSA) is 60.8 Å². The molecule has 0 radical (unpaired) electrons. The second-order valence-electron chi connectivity index (χ2n) is 8.06. The fourth-order valence-electron chi connectivity index (χ4n) is 4.13. The second kappa shape index (κ2) is 9.65. The summed E-state index contributed by atoms with van der Waals surface area (Å²) in [6.45, 7) is 4.00. The molecule has 2 heterocycles. The molecule has 0 saturated carbocycles. The van der Waals surface area contributed by atoms with Gasteiger partial charge in [-0.15, -0.1) is 13.2 Å². The molecule has 1 aliphatic rings. The molecule has 0 N–H and O–H groups in total. The van der Waals surface area contributed by atoms with Crippen LogP contribution in [0.5, 0.6) is 5.75 Å². The Bertz CT molecular complexity index is 1310. The van der Waals surface area contributed by atoms with Crippen molar-refractivity contribution in [3.63, 3.8) is 0 Å². The molecule has 11 heteroatoms. The van der Waals surface area contributed by atoms with E-state index in [1.807, 2.05) is 0 Å². The molecule has 1 aliphatic heterocycles. The third-order valence-corrected chi connectivity index (χ3v) is 5.67. The van der Waals surface area contributed by atoms with Crippen molar-refractivity contribution >= 4 is 16.9 Å². The minimum atomic E-state index is -5.37. The first-order chi connectivity index (χ1) is 16.6. The highest BCUT2D eigenvalue weighted by atomic mass is 19.4. The number of benzene rings is 2. The van der Waals surface area contributed by atoms with Gasteiger partial charge in [0.05, 0.1) is 12.0 Å². The molecule has 1 aromatic heterocycles. The smallest absolute Gasteiger partial charge is 0.462 e. The number of alkyl halides is 3. The number of esters is 1. The largest absolute Gasteiger partial charge is 0.573 e. The van der Waals surface area contributed by atoms with Crippen LogP contribution in [0.15, 0.2) is 41.3 Å². The van der Waals surface area contributed by atoms with Crippen molar-refractivity contribution in [1.29, 1.82) is 0 Å². The van der Waals surface area contributed by atoms with E-state index in [9.17, 15) is 31.5 Å². The van der Waals surface area contributed by atoms with E-state index in [0.717, 1.165) is 42.3 Å². The van der Waals surface area contributed by atoms with Gasteiger partial charge in [-0.25, -0.2) is 9.18 Å². The lowest BCUT2D eigenvalue weighted by atomic mass is 10.1. The van der Waals surface area contributed by atoms with Gasteiger partial charge in [-0.05, 0) is 56.6 Å². The summed E-state index contributed by atoms with van der Waals surface area (Å²) >= 11 is 0. The zero-order chi connectivity index (χ0) is 25.3. The normalized spacial score (nSPS) is 14.5. The number of hydrogen-bond acceptors (Lipinski definition) is 5. The summed E-state index contributed by atoms with van der Waals surface area (Å²) in [6.07, 6.45) is -2.23. The maximum Gasteiger partial charge on any atom is 0.573 e. The average Bonchev–Trinajstić information content (AvgIpc) is 3.30. The van der Waals surface area contributed by atoms with Crippen LogP contribution in [0.4, 0.5) is 22.0 Å². The summed E-state index contributed by atoms with van der Waals surface area (Å²) in [6, 6.07) is 6.99. The molecule has 0 unspecified atom stereocenters. The molecule has 0 aliphatic carbocycles. The van der Waals surface area contributed by atoms with Gasteiger partial charge in [0.15, 0.2) is 11.6 Å². The van der Waals surface area contributed by atoms with Crippen molar-refractivity contribution in [2.24, 2.45) is 0 Å². The van der Waals surface area contributed by atoms with Crippen molar-refractivity contribution < 1.29 is 36.2 Å². The monoisotopic (exact) mass is 496 g/mol. The molecule has 1 fully saturated rings. The summed E-state index contributed by atoms with van der Waals surface area (Å²) in [5.41, 5.74) is -1.22. The summed E-state index contributed by atoms with van der Waals surface area (Å²) in [5.74, 6) is -6.22. The molecule has 35 heavy (non-hydrogen) atoms. The fourth-order valence-corrected chi connectivity index (χ4v) is 4.13. The van der Waals surface area contributed by atoms with Gasteiger partial charge in [0, 0.05) is 18.4 Å². The third-order valence-electron chi connectivity index (χ3n) is 5.67. The van der Waals surface area contributed by atoms with E-state index >= 15 is 0 Å². The van der Waals surface area contributed by atoms with Crippen LogP contribution >= 0.6 is 0 Å². The van der Waals surface area contributed by atoms with E-state index in [-0.39, 0.29) is 12.3 Å². The maximum absolute atomic E-state index is 14.5. The molecule has 4 rings (SSSR count). The average molecular weight is 496 g/mol. The van der Waals surface area contributed by atoms with Crippen molar-refractivity contribution in [3.8, 4) is 11.4 Å². The number of nitrogens with zero attached hydrogens (tertiary/aromatic N) is 2. The Morgan fingerprint density at radius 3 is 2.34 bits per heavy atom. The Morgan fingerprint density at radius 2 is 1.74 bits per heavy atom. The second-order valence-corrected chi connectivity index (χ2v) is 8.06. The van der Waals surface area contributed by atoms with Crippen molar-refractivity contribution in [1.82, 2.24) is 9.47 Å². The lowest BCUT2D eigenvalue weighted by Gasteiger charge is -2.19. The van der Waals surface area contributed by atoms with Gasteiger partial charge < -0.3 is 14.0 Å². The van der Waals surface area contributed by atoms with Gasteiger partial charge in [0.25, 0.3) is 0 Å². The molecule has 3 aromatic rings. The number of carbonyl (C=O) groups is 1. The number of halogens is 5. The van der Waals surface area contributed by atoms with Crippen LogP contribution in [0.2, 0.25) is 0 Å². The van der Waals surface area contributed by atoms with E-state index in [1.165, 1.54) is 6.92 Å². The standard InChI is InChI=1S/C24H21F5N2O4/c1-2-34-23(33)17-13-31(15-7-5-14(6-8-15)12-30-9-3-4-10-30)20-16(21(17)32)11-18(25)19(26)22(20)35-24(27,28)29/h5-8,11,13H,2-4,9-10,12H2,1H3. The Labute approximate surface area is 196 Å². The Balaban J connectivity index is 1.94. The van der Waals surface area contributed by atoms with E-state index in [0.29, 0.717) is 12.6 Å². The number of hydrogen-bond donors (Lipinski definition) is 0. The number of fused-ring (bicyclic) bond motifs is 1.